The second-order valence-corrected chi connectivity index (χ2v) is 11.0. The van der Waals surface area contributed by atoms with E-state index in [1.54, 1.807) is 26.0 Å². The van der Waals surface area contributed by atoms with Crippen molar-refractivity contribution in [2.24, 2.45) is 5.92 Å². The zero-order valence-corrected chi connectivity index (χ0v) is 16.8. The lowest BCUT2D eigenvalue weighted by Crippen LogP contribution is -2.40. The van der Waals surface area contributed by atoms with Crippen LogP contribution in [0.25, 0.3) is 11.1 Å². The molecule has 1 fully saturated rings. The predicted molar refractivity (Wildman–Crippen MR) is 97.9 cm³/mol. The van der Waals surface area contributed by atoms with Crippen LogP contribution in [0.1, 0.15) is 46.9 Å². The van der Waals surface area contributed by atoms with E-state index in [0.717, 1.165) is 0 Å². The summed E-state index contributed by atoms with van der Waals surface area (Å²) in [4.78, 5) is 4.50. The molecule has 1 aromatic carbocycles. The van der Waals surface area contributed by atoms with Crippen LogP contribution in [0.4, 0.5) is 0 Å². The SMILES string of the molecule is CC(C)(C)c1nc2ccc(Cl)c(S(=O)(=O)C(C)(C)C3CCOC3)c2o1. The normalized spacial score (nSPS) is 19.7. The molecule has 138 valence electrons. The summed E-state index contributed by atoms with van der Waals surface area (Å²) in [6.07, 6.45) is 0.712. The van der Waals surface area contributed by atoms with Gasteiger partial charge >= 0.3 is 0 Å². The fourth-order valence-electron chi connectivity index (χ4n) is 3.08. The Morgan fingerprint density at radius 1 is 1.20 bits per heavy atom. The topological polar surface area (TPSA) is 69.4 Å². The molecule has 0 amide bonds. The van der Waals surface area contributed by atoms with E-state index in [-0.39, 0.29) is 26.8 Å². The number of hydrogen-bond acceptors (Lipinski definition) is 5. The van der Waals surface area contributed by atoms with Gasteiger partial charge in [0.05, 0.1) is 16.4 Å². The van der Waals surface area contributed by atoms with Crippen molar-refractivity contribution in [1.82, 2.24) is 4.98 Å². The fourth-order valence-corrected chi connectivity index (χ4v) is 5.40. The number of nitrogens with zero attached hydrogens (tertiary/aromatic N) is 1. The molecule has 1 aliphatic heterocycles. The van der Waals surface area contributed by atoms with Gasteiger partial charge in [0.15, 0.2) is 15.4 Å². The highest BCUT2D eigenvalue weighted by Crippen LogP contribution is 2.42. The Balaban J connectivity index is 2.23. The first-order valence-electron chi connectivity index (χ1n) is 8.38. The van der Waals surface area contributed by atoms with Crippen molar-refractivity contribution in [1.29, 1.82) is 0 Å². The zero-order valence-electron chi connectivity index (χ0n) is 15.2. The molecule has 2 heterocycles. The molecular formula is C18H24ClNO4S. The Hall–Kier alpha value is -1.11. The van der Waals surface area contributed by atoms with Crippen LogP contribution in [0.15, 0.2) is 21.4 Å². The van der Waals surface area contributed by atoms with Gasteiger partial charge in [-0.2, -0.15) is 0 Å². The van der Waals surface area contributed by atoms with Crippen molar-refractivity contribution in [2.45, 2.75) is 56.1 Å². The number of sulfone groups is 1. The number of fused-ring (bicyclic) bond motifs is 1. The quantitative estimate of drug-likeness (QED) is 0.784. The summed E-state index contributed by atoms with van der Waals surface area (Å²) in [7, 11) is -3.76. The summed E-state index contributed by atoms with van der Waals surface area (Å²) in [6, 6.07) is 3.27. The number of ether oxygens (including phenoxy) is 1. The van der Waals surface area contributed by atoms with Crippen LogP contribution in [-0.2, 0) is 20.0 Å². The molecule has 3 rings (SSSR count). The summed E-state index contributed by atoms with van der Waals surface area (Å²) >= 11 is 6.33. The van der Waals surface area contributed by atoms with Crippen LogP contribution >= 0.6 is 11.6 Å². The van der Waals surface area contributed by atoms with Crippen molar-refractivity contribution in [2.75, 3.05) is 13.2 Å². The summed E-state index contributed by atoms with van der Waals surface area (Å²) in [5.74, 6) is 0.400. The highest BCUT2D eigenvalue weighted by molar-refractivity contribution is 7.93. The van der Waals surface area contributed by atoms with Crippen LogP contribution in [0, 0.1) is 5.92 Å². The average molecular weight is 386 g/mol. The lowest BCUT2D eigenvalue weighted by Gasteiger charge is -2.30. The third kappa shape index (κ3) is 2.98. The molecule has 0 radical (unpaired) electrons. The van der Waals surface area contributed by atoms with Crippen LogP contribution in [-0.4, -0.2) is 31.4 Å². The highest BCUT2D eigenvalue weighted by atomic mass is 35.5. The number of oxazole rings is 1. The summed E-state index contributed by atoms with van der Waals surface area (Å²) in [5.41, 5.74) is 0.414. The Morgan fingerprint density at radius 3 is 2.44 bits per heavy atom. The van der Waals surface area contributed by atoms with Gasteiger partial charge in [0.1, 0.15) is 10.4 Å². The van der Waals surface area contributed by atoms with Crippen molar-refractivity contribution < 1.29 is 17.6 Å². The molecule has 0 saturated carbocycles. The van der Waals surface area contributed by atoms with Gasteiger partial charge in [0.25, 0.3) is 0 Å². The Morgan fingerprint density at radius 2 is 1.88 bits per heavy atom. The number of hydrogen-bond donors (Lipinski definition) is 0. The van der Waals surface area contributed by atoms with Crippen molar-refractivity contribution in [3.8, 4) is 0 Å². The smallest absolute Gasteiger partial charge is 0.200 e. The summed E-state index contributed by atoms with van der Waals surface area (Å²) < 4.78 is 37.3. The molecular weight excluding hydrogens is 362 g/mol. The first kappa shape index (κ1) is 18.7. The van der Waals surface area contributed by atoms with E-state index in [0.29, 0.717) is 31.0 Å². The van der Waals surface area contributed by atoms with E-state index < -0.39 is 14.6 Å². The van der Waals surface area contributed by atoms with Gasteiger partial charge in [0.2, 0.25) is 5.89 Å². The van der Waals surface area contributed by atoms with E-state index in [4.69, 9.17) is 20.8 Å². The lowest BCUT2D eigenvalue weighted by atomic mass is 9.94. The van der Waals surface area contributed by atoms with Gasteiger partial charge in [-0.05, 0) is 32.4 Å². The molecule has 1 aliphatic rings. The Kier molecular flexibility index (Phi) is 4.45. The van der Waals surface area contributed by atoms with Crippen LogP contribution < -0.4 is 0 Å². The van der Waals surface area contributed by atoms with Gasteiger partial charge < -0.3 is 9.15 Å². The molecule has 1 unspecified atom stereocenters. The van der Waals surface area contributed by atoms with Crippen LogP contribution in [0.5, 0.6) is 0 Å². The van der Waals surface area contributed by atoms with Gasteiger partial charge in [0, 0.05) is 17.9 Å². The summed E-state index contributed by atoms with van der Waals surface area (Å²) in [5, 5.41) is 0.163. The minimum absolute atomic E-state index is 0.0339. The predicted octanol–water partition coefficient (Wildman–Crippen LogP) is 4.37. The molecule has 2 aromatic rings. The second-order valence-electron chi connectivity index (χ2n) is 8.16. The lowest BCUT2D eigenvalue weighted by molar-refractivity contribution is 0.179. The minimum atomic E-state index is -3.76. The number of aromatic nitrogens is 1. The molecule has 0 aliphatic carbocycles. The monoisotopic (exact) mass is 385 g/mol. The maximum atomic E-state index is 13.5. The van der Waals surface area contributed by atoms with E-state index >= 15 is 0 Å². The number of halogens is 1. The minimum Gasteiger partial charge on any atom is -0.439 e. The van der Waals surface area contributed by atoms with Crippen LogP contribution in [0.3, 0.4) is 0 Å². The number of benzene rings is 1. The van der Waals surface area contributed by atoms with Gasteiger partial charge in [-0.1, -0.05) is 32.4 Å². The van der Waals surface area contributed by atoms with Crippen molar-refractivity contribution in [3.05, 3.63) is 23.0 Å². The maximum absolute atomic E-state index is 13.5. The molecule has 5 nitrogen and oxygen atoms in total. The number of rotatable bonds is 3. The van der Waals surface area contributed by atoms with Gasteiger partial charge in [-0.25, -0.2) is 13.4 Å². The molecule has 1 atom stereocenters. The second kappa shape index (κ2) is 5.96. The molecule has 0 spiro atoms. The Labute approximate surface area is 153 Å². The first-order chi connectivity index (χ1) is 11.5. The van der Waals surface area contributed by atoms with Gasteiger partial charge in [-0.3, -0.25) is 0 Å². The van der Waals surface area contributed by atoms with Crippen molar-refractivity contribution in [3.63, 3.8) is 0 Å². The van der Waals surface area contributed by atoms with E-state index in [1.807, 2.05) is 20.8 Å². The molecule has 7 heteroatoms. The molecule has 0 bridgehead atoms. The third-order valence-corrected chi connectivity index (χ3v) is 8.07. The average Bonchev–Trinajstić information content (AvgIpc) is 3.15. The molecule has 25 heavy (non-hydrogen) atoms. The van der Waals surface area contributed by atoms with E-state index in [9.17, 15) is 8.42 Å². The maximum Gasteiger partial charge on any atom is 0.200 e. The Bertz CT molecular complexity index is 903. The largest absolute Gasteiger partial charge is 0.439 e. The molecule has 1 aromatic heterocycles. The molecule has 0 N–H and O–H groups in total. The van der Waals surface area contributed by atoms with E-state index in [1.165, 1.54) is 0 Å². The first-order valence-corrected chi connectivity index (χ1v) is 10.2. The van der Waals surface area contributed by atoms with E-state index in [2.05, 4.69) is 4.98 Å². The van der Waals surface area contributed by atoms with Crippen molar-refractivity contribution >= 4 is 32.5 Å². The zero-order chi connectivity index (χ0) is 18.6. The molecule has 1 saturated heterocycles. The fraction of sp³-hybridized carbons (Fsp3) is 0.611. The van der Waals surface area contributed by atoms with Gasteiger partial charge in [-0.15, -0.1) is 0 Å². The highest BCUT2D eigenvalue weighted by Gasteiger charge is 2.46. The standard InChI is InChI=1S/C18H24ClNO4S/c1-17(2,3)16-20-13-7-6-12(19)15(14(13)24-16)25(21,22)18(4,5)11-8-9-23-10-11/h6-7,11H,8-10H2,1-5H3. The van der Waals surface area contributed by atoms with Crippen LogP contribution in [0.2, 0.25) is 5.02 Å². The third-order valence-electron chi connectivity index (χ3n) is 4.98. The summed E-state index contributed by atoms with van der Waals surface area (Å²) in [6.45, 7) is 10.4.